The summed E-state index contributed by atoms with van der Waals surface area (Å²) in [7, 11) is 0. The molecule has 6 heteroatoms. The van der Waals surface area contributed by atoms with Gasteiger partial charge >= 0.3 is 12.1 Å². The molecule has 0 bridgehead atoms. The van der Waals surface area contributed by atoms with E-state index in [-0.39, 0.29) is 19.4 Å². The lowest BCUT2D eigenvalue weighted by atomic mass is 9.97. The summed E-state index contributed by atoms with van der Waals surface area (Å²) < 4.78 is 44.9. The first-order valence-corrected chi connectivity index (χ1v) is 13.1. The van der Waals surface area contributed by atoms with E-state index in [0.717, 1.165) is 36.9 Å². The van der Waals surface area contributed by atoms with Gasteiger partial charge < -0.3 is 4.74 Å². The van der Waals surface area contributed by atoms with E-state index in [2.05, 4.69) is 18.0 Å². The van der Waals surface area contributed by atoms with Gasteiger partial charge in [-0.1, -0.05) is 83.4 Å². The number of nitrogens with zero attached hydrogens (tertiary/aromatic N) is 1. The molecule has 0 saturated heterocycles. The van der Waals surface area contributed by atoms with E-state index in [1.165, 1.54) is 37.7 Å². The third kappa shape index (κ3) is 10.8. The van der Waals surface area contributed by atoms with Crippen LogP contribution in [0.25, 0.3) is 11.3 Å². The van der Waals surface area contributed by atoms with E-state index in [1.807, 2.05) is 19.2 Å². The Labute approximate surface area is 208 Å². The molecule has 1 heterocycles. The van der Waals surface area contributed by atoms with Crippen molar-refractivity contribution in [3.05, 3.63) is 53.7 Å². The summed E-state index contributed by atoms with van der Waals surface area (Å²) in [4.78, 5) is 16.9. The van der Waals surface area contributed by atoms with Crippen LogP contribution >= 0.6 is 0 Å². The molecule has 0 N–H and O–H groups in total. The number of unbranched alkanes of at least 4 members (excludes halogenated alkanes) is 7. The fourth-order valence-corrected chi connectivity index (χ4v) is 4.12. The van der Waals surface area contributed by atoms with E-state index in [9.17, 15) is 18.0 Å². The molecule has 1 atom stereocenters. The zero-order valence-electron chi connectivity index (χ0n) is 21.2. The Morgan fingerprint density at radius 2 is 1.51 bits per heavy atom. The van der Waals surface area contributed by atoms with Crippen molar-refractivity contribution in [1.82, 2.24) is 4.98 Å². The first-order chi connectivity index (χ1) is 16.8. The van der Waals surface area contributed by atoms with Crippen molar-refractivity contribution in [1.29, 1.82) is 0 Å². The number of ether oxygens (including phenoxy) is 1. The Hall–Kier alpha value is -2.37. The zero-order valence-corrected chi connectivity index (χ0v) is 21.2. The fourth-order valence-electron chi connectivity index (χ4n) is 4.12. The smallest absolute Gasteiger partial charge is 0.391 e. The molecular formula is C29H40F3NO2. The molecule has 0 radical (unpaired) electrons. The molecule has 0 spiro atoms. The van der Waals surface area contributed by atoms with Gasteiger partial charge in [0.2, 0.25) is 0 Å². The van der Waals surface area contributed by atoms with Crippen LogP contribution < -0.4 is 0 Å². The van der Waals surface area contributed by atoms with Crippen LogP contribution in [-0.4, -0.2) is 23.7 Å². The number of pyridine rings is 1. The summed E-state index contributed by atoms with van der Waals surface area (Å²) in [6.45, 7) is 4.00. The number of hydrogen-bond acceptors (Lipinski definition) is 3. The van der Waals surface area contributed by atoms with Crippen LogP contribution in [0.2, 0.25) is 0 Å². The highest BCUT2D eigenvalue weighted by Gasteiger charge is 2.38. The third-order valence-corrected chi connectivity index (χ3v) is 6.38. The maximum Gasteiger partial charge on any atom is 0.391 e. The predicted octanol–water partition coefficient (Wildman–Crippen LogP) is 8.96. The Kier molecular flexibility index (Phi) is 12.9. The molecule has 1 aromatic heterocycles. The Balaban J connectivity index is 1.82. The minimum Gasteiger partial charge on any atom is -0.462 e. The topological polar surface area (TPSA) is 39.2 Å². The van der Waals surface area contributed by atoms with Gasteiger partial charge in [-0.15, -0.1) is 0 Å². The van der Waals surface area contributed by atoms with E-state index in [4.69, 9.17) is 4.74 Å². The van der Waals surface area contributed by atoms with E-state index in [0.29, 0.717) is 12.0 Å². The Bertz CT molecular complexity index is 848. The highest BCUT2D eigenvalue weighted by molar-refractivity contribution is 5.90. The molecule has 3 nitrogen and oxygen atoms in total. The van der Waals surface area contributed by atoms with Gasteiger partial charge in [0.05, 0.1) is 23.8 Å². The summed E-state index contributed by atoms with van der Waals surface area (Å²) >= 11 is 0. The van der Waals surface area contributed by atoms with E-state index in [1.54, 1.807) is 24.3 Å². The van der Waals surface area contributed by atoms with Gasteiger partial charge in [-0.25, -0.2) is 4.79 Å². The van der Waals surface area contributed by atoms with Crippen LogP contribution in [0.4, 0.5) is 13.2 Å². The molecule has 0 fully saturated rings. The number of aromatic nitrogens is 1. The van der Waals surface area contributed by atoms with Crippen LogP contribution in [0.3, 0.4) is 0 Å². The summed E-state index contributed by atoms with van der Waals surface area (Å²) in [5, 5.41) is 0. The molecular weight excluding hydrogens is 451 g/mol. The van der Waals surface area contributed by atoms with Crippen LogP contribution in [0.5, 0.6) is 0 Å². The minimum atomic E-state index is -4.27. The second-order valence-electron chi connectivity index (χ2n) is 9.31. The first kappa shape index (κ1) is 28.9. The van der Waals surface area contributed by atoms with Gasteiger partial charge in [-0.05, 0) is 49.4 Å². The largest absolute Gasteiger partial charge is 0.462 e. The zero-order chi connectivity index (χ0) is 25.5. The van der Waals surface area contributed by atoms with Gasteiger partial charge in [0.15, 0.2) is 0 Å². The van der Waals surface area contributed by atoms with Crippen molar-refractivity contribution in [3.63, 3.8) is 0 Å². The fraction of sp³-hybridized carbons (Fsp3) is 0.586. The lowest BCUT2D eigenvalue weighted by Crippen LogP contribution is -2.25. The number of halogens is 3. The van der Waals surface area contributed by atoms with Gasteiger partial charge in [0, 0.05) is 11.8 Å². The predicted molar refractivity (Wildman–Crippen MR) is 135 cm³/mol. The second-order valence-corrected chi connectivity index (χ2v) is 9.31. The normalized spacial score (nSPS) is 12.5. The minimum absolute atomic E-state index is 0.0837. The number of carbonyl (C=O) groups is 1. The van der Waals surface area contributed by atoms with Crippen LogP contribution in [0.15, 0.2) is 42.6 Å². The van der Waals surface area contributed by atoms with E-state index < -0.39 is 18.1 Å². The summed E-state index contributed by atoms with van der Waals surface area (Å²) in [5.41, 5.74) is 3.23. The SMILES string of the molecule is CCCCCCCc1ccc(-c2ccc(C(=O)OCCC(CCCCCC)C(F)(F)F)cc2)nc1. The molecule has 2 aromatic rings. The number of aryl methyl sites for hydroxylation is 1. The molecule has 0 saturated carbocycles. The highest BCUT2D eigenvalue weighted by atomic mass is 19.4. The number of alkyl halides is 3. The molecule has 1 unspecified atom stereocenters. The molecule has 194 valence electrons. The lowest BCUT2D eigenvalue weighted by Gasteiger charge is -2.20. The number of hydrogen-bond donors (Lipinski definition) is 0. The van der Waals surface area contributed by atoms with E-state index >= 15 is 0 Å². The van der Waals surface area contributed by atoms with Crippen LogP contribution in [0.1, 0.15) is 100 Å². The van der Waals surface area contributed by atoms with Crippen molar-refractivity contribution >= 4 is 5.97 Å². The lowest BCUT2D eigenvalue weighted by molar-refractivity contribution is -0.180. The van der Waals surface area contributed by atoms with Gasteiger partial charge in [-0.3, -0.25) is 4.98 Å². The van der Waals surface area contributed by atoms with Crippen molar-refractivity contribution in [2.45, 2.75) is 97.1 Å². The Morgan fingerprint density at radius 1 is 0.857 bits per heavy atom. The number of esters is 1. The Morgan fingerprint density at radius 3 is 2.11 bits per heavy atom. The number of carbonyl (C=O) groups excluding carboxylic acids is 1. The quantitative estimate of drug-likeness (QED) is 0.174. The summed E-state index contributed by atoms with van der Waals surface area (Å²) in [5.74, 6) is -2.03. The third-order valence-electron chi connectivity index (χ3n) is 6.38. The average molecular weight is 492 g/mol. The first-order valence-electron chi connectivity index (χ1n) is 13.1. The monoisotopic (exact) mass is 491 g/mol. The van der Waals surface area contributed by atoms with Gasteiger partial charge in [-0.2, -0.15) is 13.2 Å². The van der Waals surface area contributed by atoms with Crippen LogP contribution in [-0.2, 0) is 11.2 Å². The van der Waals surface area contributed by atoms with Crippen molar-refractivity contribution < 1.29 is 22.7 Å². The molecule has 0 aliphatic carbocycles. The van der Waals surface area contributed by atoms with Crippen molar-refractivity contribution in [3.8, 4) is 11.3 Å². The molecule has 0 aliphatic rings. The standard InChI is InChI=1S/C29H40F3NO2/c1-3-5-7-9-10-12-23-14-19-27(33-22-23)24-15-17-25(18-16-24)28(34)35-21-20-26(29(30,31)32)13-11-8-6-4-2/h14-19,22,26H,3-13,20-21H2,1-2H3. The summed E-state index contributed by atoms with van der Waals surface area (Å²) in [6, 6.07) is 10.9. The maximum atomic E-state index is 13.3. The van der Waals surface area contributed by atoms with Crippen LogP contribution in [0, 0.1) is 5.92 Å². The van der Waals surface area contributed by atoms with Gasteiger partial charge in [0.1, 0.15) is 0 Å². The molecule has 0 amide bonds. The number of rotatable bonds is 16. The molecule has 1 aromatic carbocycles. The van der Waals surface area contributed by atoms with Crippen molar-refractivity contribution in [2.24, 2.45) is 5.92 Å². The van der Waals surface area contributed by atoms with Gasteiger partial charge in [0.25, 0.3) is 0 Å². The maximum absolute atomic E-state index is 13.3. The summed E-state index contributed by atoms with van der Waals surface area (Å²) in [6.07, 6.45) is 8.01. The highest BCUT2D eigenvalue weighted by Crippen LogP contribution is 2.33. The molecule has 2 rings (SSSR count). The van der Waals surface area contributed by atoms with Crippen molar-refractivity contribution in [2.75, 3.05) is 6.61 Å². The molecule has 35 heavy (non-hydrogen) atoms. The second kappa shape index (κ2) is 15.6. The average Bonchev–Trinajstić information content (AvgIpc) is 2.85. The number of benzene rings is 1. The molecule has 0 aliphatic heterocycles.